The van der Waals surface area contributed by atoms with E-state index in [-0.39, 0.29) is 17.5 Å². The Labute approximate surface area is 134 Å². The molecule has 1 atom stereocenters. The summed E-state index contributed by atoms with van der Waals surface area (Å²) >= 11 is 1.56. The first kappa shape index (κ1) is 14.1. The van der Waals surface area contributed by atoms with Crippen LogP contribution in [0.15, 0.2) is 42.0 Å². The van der Waals surface area contributed by atoms with Gasteiger partial charge in [0.05, 0.1) is 11.4 Å². The van der Waals surface area contributed by atoms with Gasteiger partial charge in [-0.2, -0.15) is 0 Å². The summed E-state index contributed by atoms with van der Waals surface area (Å²) in [4.78, 5) is 17.5. The predicted molar refractivity (Wildman–Crippen MR) is 82.9 cm³/mol. The number of halogens is 2. The summed E-state index contributed by atoms with van der Waals surface area (Å²) in [5.74, 6) is -1.18. The van der Waals surface area contributed by atoms with Gasteiger partial charge in [0.25, 0.3) is 0 Å². The molecular weight excluding hydrogens is 320 g/mol. The Bertz CT molecular complexity index is 869. The first-order chi connectivity index (χ1) is 11.1. The van der Waals surface area contributed by atoms with Crippen molar-refractivity contribution in [2.24, 2.45) is 0 Å². The van der Waals surface area contributed by atoms with E-state index >= 15 is 0 Å². The van der Waals surface area contributed by atoms with Crippen LogP contribution in [0.3, 0.4) is 0 Å². The summed E-state index contributed by atoms with van der Waals surface area (Å²) in [6.45, 7) is 0. The first-order valence-electron chi connectivity index (χ1n) is 6.99. The normalized spacial score (nSPS) is 17.0. The zero-order valence-corrected chi connectivity index (χ0v) is 12.6. The maximum atomic E-state index is 13.5. The fourth-order valence-electron chi connectivity index (χ4n) is 2.81. The van der Waals surface area contributed by atoms with Crippen molar-refractivity contribution in [2.75, 3.05) is 5.32 Å². The van der Waals surface area contributed by atoms with Crippen molar-refractivity contribution in [1.82, 2.24) is 9.55 Å². The molecule has 0 fully saturated rings. The zero-order valence-electron chi connectivity index (χ0n) is 11.8. The van der Waals surface area contributed by atoms with Crippen molar-refractivity contribution in [3.63, 3.8) is 0 Å². The smallest absolute Gasteiger partial charge is 0.226 e. The van der Waals surface area contributed by atoms with Gasteiger partial charge in [-0.05, 0) is 23.6 Å². The lowest BCUT2D eigenvalue weighted by atomic mass is 9.96. The van der Waals surface area contributed by atoms with Crippen LogP contribution in [0.25, 0.3) is 5.69 Å². The Morgan fingerprint density at radius 3 is 2.74 bits per heavy atom. The van der Waals surface area contributed by atoms with Crippen LogP contribution in [0.5, 0.6) is 0 Å². The molecule has 23 heavy (non-hydrogen) atoms. The van der Waals surface area contributed by atoms with Gasteiger partial charge < -0.3 is 5.32 Å². The van der Waals surface area contributed by atoms with Crippen LogP contribution in [0.2, 0.25) is 0 Å². The molecule has 1 N–H and O–H groups in total. The number of imidazole rings is 1. The van der Waals surface area contributed by atoms with Crippen LogP contribution in [-0.2, 0) is 4.79 Å². The highest BCUT2D eigenvalue weighted by atomic mass is 32.1. The molecule has 116 valence electrons. The Morgan fingerprint density at radius 1 is 1.26 bits per heavy atom. The topological polar surface area (TPSA) is 46.9 Å². The zero-order chi connectivity index (χ0) is 16.0. The number of aromatic nitrogens is 2. The molecular formula is C16H11F2N3OS. The SMILES string of the molecule is O=C1C[C@@H](c2cccs2)c2ncn(-c3cc(F)cc(F)c3)c2N1. The van der Waals surface area contributed by atoms with Gasteiger partial charge in [-0.25, -0.2) is 13.8 Å². The number of thiophene rings is 1. The van der Waals surface area contributed by atoms with E-state index in [0.717, 1.165) is 10.9 Å². The molecule has 4 nitrogen and oxygen atoms in total. The van der Waals surface area contributed by atoms with Crippen molar-refractivity contribution < 1.29 is 13.6 Å². The van der Waals surface area contributed by atoms with E-state index in [1.54, 1.807) is 11.3 Å². The lowest BCUT2D eigenvalue weighted by Gasteiger charge is -2.22. The third-order valence-corrected chi connectivity index (χ3v) is 4.77. The minimum Gasteiger partial charge on any atom is -0.310 e. The summed E-state index contributed by atoms with van der Waals surface area (Å²) in [5, 5.41) is 4.70. The Morgan fingerprint density at radius 2 is 2.04 bits per heavy atom. The average molecular weight is 331 g/mol. The molecule has 1 aliphatic heterocycles. The van der Waals surface area contributed by atoms with E-state index in [0.29, 0.717) is 17.9 Å². The van der Waals surface area contributed by atoms with E-state index in [1.165, 1.54) is 23.0 Å². The minimum atomic E-state index is -0.681. The van der Waals surface area contributed by atoms with Gasteiger partial charge in [0.2, 0.25) is 5.91 Å². The van der Waals surface area contributed by atoms with Crippen LogP contribution < -0.4 is 5.32 Å². The summed E-state index contributed by atoms with van der Waals surface area (Å²) in [5.41, 5.74) is 0.986. The van der Waals surface area contributed by atoms with Crippen LogP contribution in [0.4, 0.5) is 14.6 Å². The molecule has 0 spiro atoms. The minimum absolute atomic E-state index is 0.140. The van der Waals surface area contributed by atoms with Crippen LogP contribution >= 0.6 is 11.3 Å². The number of amides is 1. The van der Waals surface area contributed by atoms with Crippen molar-refractivity contribution in [1.29, 1.82) is 0 Å². The number of nitrogens with one attached hydrogen (secondary N) is 1. The molecule has 1 amide bonds. The summed E-state index contributed by atoms with van der Waals surface area (Å²) in [7, 11) is 0. The largest absolute Gasteiger partial charge is 0.310 e. The Kier molecular flexibility index (Phi) is 3.23. The quantitative estimate of drug-likeness (QED) is 0.778. The molecule has 1 aliphatic rings. The fourth-order valence-corrected chi connectivity index (χ4v) is 3.64. The third-order valence-electron chi connectivity index (χ3n) is 3.79. The Hall–Kier alpha value is -2.54. The van der Waals surface area contributed by atoms with E-state index in [1.807, 2.05) is 17.5 Å². The molecule has 2 aromatic heterocycles. The number of anilines is 1. The maximum absolute atomic E-state index is 13.5. The van der Waals surface area contributed by atoms with E-state index in [2.05, 4.69) is 10.3 Å². The highest BCUT2D eigenvalue weighted by Crippen LogP contribution is 2.38. The second kappa shape index (κ2) is 5.27. The van der Waals surface area contributed by atoms with Crippen molar-refractivity contribution in [3.05, 3.63) is 64.2 Å². The van der Waals surface area contributed by atoms with Gasteiger partial charge in [0, 0.05) is 23.3 Å². The van der Waals surface area contributed by atoms with Crippen LogP contribution in [-0.4, -0.2) is 15.5 Å². The second-order valence-corrected chi connectivity index (χ2v) is 6.28. The molecule has 0 radical (unpaired) electrons. The maximum Gasteiger partial charge on any atom is 0.226 e. The fraction of sp³-hybridized carbons (Fsp3) is 0.125. The molecule has 3 heterocycles. The highest BCUT2D eigenvalue weighted by Gasteiger charge is 2.31. The molecule has 0 saturated heterocycles. The lowest BCUT2D eigenvalue weighted by Crippen LogP contribution is -2.24. The van der Waals surface area contributed by atoms with Crippen LogP contribution in [0, 0.1) is 11.6 Å². The lowest BCUT2D eigenvalue weighted by molar-refractivity contribution is -0.116. The molecule has 0 aliphatic carbocycles. The number of carbonyl (C=O) groups is 1. The van der Waals surface area contributed by atoms with Gasteiger partial charge in [0.1, 0.15) is 23.8 Å². The summed E-state index contributed by atoms with van der Waals surface area (Å²) in [6.07, 6.45) is 1.78. The molecule has 7 heteroatoms. The van der Waals surface area contributed by atoms with Gasteiger partial charge in [0.15, 0.2) is 0 Å². The number of rotatable bonds is 2. The third kappa shape index (κ3) is 2.43. The first-order valence-corrected chi connectivity index (χ1v) is 7.87. The summed E-state index contributed by atoms with van der Waals surface area (Å²) in [6, 6.07) is 7.08. The Balaban J connectivity index is 1.85. The van der Waals surface area contributed by atoms with Crippen molar-refractivity contribution >= 4 is 23.1 Å². The summed E-state index contributed by atoms with van der Waals surface area (Å²) < 4.78 is 28.4. The van der Waals surface area contributed by atoms with Crippen molar-refractivity contribution in [3.8, 4) is 5.69 Å². The number of hydrogen-bond donors (Lipinski definition) is 1. The molecule has 0 saturated carbocycles. The molecule has 0 bridgehead atoms. The van der Waals surface area contributed by atoms with Gasteiger partial charge in [-0.3, -0.25) is 9.36 Å². The van der Waals surface area contributed by atoms with Crippen molar-refractivity contribution in [2.45, 2.75) is 12.3 Å². The second-order valence-electron chi connectivity index (χ2n) is 5.30. The highest BCUT2D eigenvalue weighted by molar-refractivity contribution is 7.10. The number of hydrogen-bond acceptors (Lipinski definition) is 3. The molecule has 4 rings (SSSR count). The molecule has 3 aromatic rings. The number of benzene rings is 1. The van der Waals surface area contributed by atoms with E-state index in [4.69, 9.17) is 0 Å². The molecule has 1 aromatic carbocycles. The standard InChI is InChI=1S/C16H11F2N3OS/c17-9-4-10(18)6-11(5-9)21-8-19-15-12(13-2-1-3-23-13)7-14(22)20-16(15)21/h1-6,8,12H,7H2,(H,20,22)/t12-/m0/s1. The van der Waals surface area contributed by atoms with Crippen LogP contribution in [0.1, 0.15) is 22.9 Å². The average Bonchev–Trinajstić information content (AvgIpc) is 3.14. The van der Waals surface area contributed by atoms with Gasteiger partial charge in [-0.15, -0.1) is 11.3 Å². The van der Waals surface area contributed by atoms with E-state index < -0.39 is 11.6 Å². The monoisotopic (exact) mass is 331 g/mol. The van der Waals surface area contributed by atoms with Gasteiger partial charge >= 0.3 is 0 Å². The predicted octanol–water partition coefficient (Wildman–Crippen LogP) is 3.69. The number of nitrogens with zero attached hydrogens (tertiary/aromatic N) is 2. The number of carbonyl (C=O) groups excluding carboxylic acids is 1. The molecule has 0 unspecified atom stereocenters. The van der Waals surface area contributed by atoms with E-state index in [9.17, 15) is 13.6 Å². The number of fused-ring (bicyclic) bond motifs is 1. The van der Waals surface area contributed by atoms with Gasteiger partial charge in [-0.1, -0.05) is 6.07 Å².